The monoisotopic (exact) mass is 415 g/mol. The number of halogens is 2. The van der Waals surface area contributed by atoms with E-state index < -0.39 is 0 Å². The number of amides is 1. The first-order valence-corrected chi connectivity index (χ1v) is 9.95. The lowest BCUT2D eigenvalue weighted by Gasteiger charge is -2.33. The number of hydrogen-bond donors (Lipinski definition) is 0. The van der Waals surface area contributed by atoms with Crippen LogP contribution in [-0.4, -0.2) is 27.5 Å². The van der Waals surface area contributed by atoms with Crippen LogP contribution in [0.1, 0.15) is 47.1 Å². The zero-order chi connectivity index (χ0) is 19.7. The highest BCUT2D eigenvalue weighted by molar-refractivity contribution is 6.42. The summed E-state index contributed by atoms with van der Waals surface area (Å²) in [6.45, 7) is 2.65. The molecule has 0 saturated carbocycles. The van der Waals surface area contributed by atoms with Crippen molar-refractivity contribution >= 4 is 29.1 Å². The maximum atomic E-state index is 13.1. The van der Waals surface area contributed by atoms with E-state index >= 15 is 0 Å². The standard InChI is InChI=1S/C21H19Cl2N3O2/c1-13-5-4-6-14(11-13)19-24-20(28-25-19)18-7-2-3-10-26(18)21(27)15-8-9-16(22)17(23)12-15/h4-6,8-9,11-12,18H,2-3,7,10H2,1H3. The van der Waals surface area contributed by atoms with Crippen LogP contribution >= 0.6 is 23.2 Å². The molecule has 5 nitrogen and oxygen atoms in total. The number of hydrogen-bond acceptors (Lipinski definition) is 4. The lowest BCUT2D eigenvalue weighted by atomic mass is 10.0. The van der Waals surface area contributed by atoms with Crippen LogP contribution in [0.3, 0.4) is 0 Å². The zero-order valence-corrected chi connectivity index (χ0v) is 16.9. The Bertz CT molecular complexity index is 1020. The van der Waals surface area contributed by atoms with Gasteiger partial charge >= 0.3 is 0 Å². The molecule has 28 heavy (non-hydrogen) atoms. The molecule has 1 fully saturated rings. The number of piperidine rings is 1. The molecular weight excluding hydrogens is 397 g/mol. The van der Waals surface area contributed by atoms with Crippen molar-refractivity contribution in [2.45, 2.75) is 32.2 Å². The van der Waals surface area contributed by atoms with Gasteiger partial charge in [0.1, 0.15) is 6.04 Å². The maximum Gasteiger partial charge on any atom is 0.254 e. The molecule has 0 radical (unpaired) electrons. The van der Waals surface area contributed by atoms with Gasteiger partial charge in [-0.2, -0.15) is 4.98 Å². The van der Waals surface area contributed by atoms with E-state index in [1.807, 2.05) is 31.2 Å². The van der Waals surface area contributed by atoms with Crippen molar-refractivity contribution in [3.63, 3.8) is 0 Å². The number of likely N-dealkylation sites (tertiary alicyclic amines) is 1. The first-order valence-electron chi connectivity index (χ1n) is 9.19. The van der Waals surface area contributed by atoms with Gasteiger partial charge in [-0.25, -0.2) is 0 Å². The number of carbonyl (C=O) groups is 1. The highest BCUT2D eigenvalue weighted by atomic mass is 35.5. The highest BCUT2D eigenvalue weighted by Crippen LogP contribution is 2.33. The summed E-state index contributed by atoms with van der Waals surface area (Å²) in [6.07, 6.45) is 2.71. The number of aryl methyl sites for hydroxylation is 1. The quantitative estimate of drug-likeness (QED) is 0.548. The molecule has 1 atom stereocenters. The molecule has 1 saturated heterocycles. The third-order valence-corrected chi connectivity index (χ3v) is 5.67. The van der Waals surface area contributed by atoms with Gasteiger partial charge < -0.3 is 9.42 Å². The predicted molar refractivity (Wildman–Crippen MR) is 109 cm³/mol. The van der Waals surface area contributed by atoms with Gasteiger partial charge in [-0.15, -0.1) is 0 Å². The zero-order valence-electron chi connectivity index (χ0n) is 15.4. The van der Waals surface area contributed by atoms with Crippen LogP contribution < -0.4 is 0 Å². The molecule has 4 rings (SSSR count). The van der Waals surface area contributed by atoms with Gasteiger partial charge in [-0.1, -0.05) is 52.1 Å². The maximum absolute atomic E-state index is 13.1. The Balaban J connectivity index is 1.62. The van der Waals surface area contributed by atoms with Gasteiger partial charge in [0.2, 0.25) is 11.7 Å². The molecule has 1 unspecified atom stereocenters. The summed E-state index contributed by atoms with van der Waals surface area (Å²) in [5, 5.41) is 4.92. The molecule has 3 aromatic rings. The van der Waals surface area contributed by atoms with E-state index in [0.29, 0.717) is 33.9 Å². The van der Waals surface area contributed by atoms with Gasteiger partial charge in [0, 0.05) is 17.7 Å². The Morgan fingerprint density at radius 1 is 1.14 bits per heavy atom. The average Bonchev–Trinajstić information content (AvgIpc) is 3.20. The summed E-state index contributed by atoms with van der Waals surface area (Å²) in [7, 11) is 0. The van der Waals surface area contributed by atoms with Crippen molar-refractivity contribution in [3.8, 4) is 11.4 Å². The second kappa shape index (κ2) is 7.94. The van der Waals surface area contributed by atoms with Crippen LogP contribution in [-0.2, 0) is 0 Å². The lowest BCUT2D eigenvalue weighted by molar-refractivity contribution is 0.0561. The van der Waals surface area contributed by atoms with E-state index in [4.69, 9.17) is 27.7 Å². The molecular formula is C21H19Cl2N3O2. The molecule has 1 aromatic heterocycles. The van der Waals surface area contributed by atoms with Crippen molar-refractivity contribution in [2.75, 3.05) is 6.54 Å². The van der Waals surface area contributed by atoms with E-state index in [-0.39, 0.29) is 11.9 Å². The molecule has 1 amide bonds. The highest BCUT2D eigenvalue weighted by Gasteiger charge is 2.33. The fourth-order valence-corrected chi connectivity index (χ4v) is 3.80. The molecule has 7 heteroatoms. The van der Waals surface area contributed by atoms with E-state index in [9.17, 15) is 4.79 Å². The lowest BCUT2D eigenvalue weighted by Crippen LogP contribution is -2.38. The molecule has 2 aromatic carbocycles. The van der Waals surface area contributed by atoms with E-state index in [1.54, 1.807) is 23.1 Å². The Morgan fingerprint density at radius 3 is 2.79 bits per heavy atom. The molecule has 0 bridgehead atoms. The topological polar surface area (TPSA) is 59.2 Å². The van der Waals surface area contributed by atoms with Crippen LogP contribution in [0.15, 0.2) is 47.0 Å². The summed E-state index contributed by atoms with van der Waals surface area (Å²) in [5.41, 5.74) is 2.52. The summed E-state index contributed by atoms with van der Waals surface area (Å²) in [6, 6.07) is 12.6. The first-order chi connectivity index (χ1) is 13.5. The smallest absolute Gasteiger partial charge is 0.254 e. The van der Waals surface area contributed by atoms with E-state index in [2.05, 4.69) is 10.1 Å². The normalized spacial score (nSPS) is 17.0. The fourth-order valence-electron chi connectivity index (χ4n) is 3.50. The van der Waals surface area contributed by atoms with Crippen LogP contribution in [0.5, 0.6) is 0 Å². The van der Waals surface area contributed by atoms with E-state index in [0.717, 1.165) is 30.4 Å². The number of aromatic nitrogens is 2. The molecule has 0 aliphatic carbocycles. The third kappa shape index (κ3) is 3.77. The van der Waals surface area contributed by atoms with Crippen LogP contribution in [0.2, 0.25) is 10.0 Å². The summed E-state index contributed by atoms with van der Waals surface area (Å²) in [4.78, 5) is 19.5. The molecule has 0 N–H and O–H groups in total. The van der Waals surface area contributed by atoms with Crippen molar-refractivity contribution in [1.29, 1.82) is 0 Å². The van der Waals surface area contributed by atoms with Gasteiger partial charge in [0.25, 0.3) is 5.91 Å². The van der Waals surface area contributed by atoms with Crippen molar-refractivity contribution in [2.24, 2.45) is 0 Å². The second-order valence-electron chi connectivity index (χ2n) is 6.96. The predicted octanol–water partition coefficient (Wildman–Crippen LogP) is 5.72. The van der Waals surface area contributed by atoms with Crippen molar-refractivity contribution in [3.05, 3.63) is 69.5 Å². The van der Waals surface area contributed by atoms with Crippen LogP contribution in [0.25, 0.3) is 11.4 Å². The van der Waals surface area contributed by atoms with Crippen molar-refractivity contribution in [1.82, 2.24) is 15.0 Å². The van der Waals surface area contributed by atoms with Gasteiger partial charge in [-0.05, 0) is 50.5 Å². The number of carbonyl (C=O) groups excluding carboxylic acids is 1. The molecule has 0 spiro atoms. The number of benzene rings is 2. The SMILES string of the molecule is Cc1cccc(-c2noc(C3CCCCN3C(=O)c3ccc(Cl)c(Cl)c3)n2)c1. The minimum absolute atomic E-state index is 0.112. The van der Waals surface area contributed by atoms with E-state index in [1.165, 1.54) is 0 Å². The Labute approximate surface area is 173 Å². The Morgan fingerprint density at radius 2 is 2.00 bits per heavy atom. The fraction of sp³-hybridized carbons (Fsp3) is 0.286. The first kappa shape index (κ1) is 19.0. The molecule has 2 heterocycles. The minimum Gasteiger partial charge on any atom is -0.337 e. The third-order valence-electron chi connectivity index (χ3n) is 4.93. The number of rotatable bonds is 3. The average molecular weight is 416 g/mol. The Kier molecular flexibility index (Phi) is 5.38. The molecule has 144 valence electrons. The van der Waals surface area contributed by atoms with Gasteiger partial charge in [0.05, 0.1) is 10.0 Å². The Hall–Kier alpha value is -2.37. The minimum atomic E-state index is -0.248. The summed E-state index contributed by atoms with van der Waals surface area (Å²) in [5.74, 6) is 0.884. The van der Waals surface area contributed by atoms with Gasteiger partial charge in [-0.3, -0.25) is 4.79 Å². The molecule has 1 aliphatic rings. The van der Waals surface area contributed by atoms with Gasteiger partial charge in [0.15, 0.2) is 0 Å². The molecule has 1 aliphatic heterocycles. The van der Waals surface area contributed by atoms with Crippen LogP contribution in [0.4, 0.5) is 0 Å². The number of nitrogens with zero attached hydrogens (tertiary/aromatic N) is 3. The summed E-state index contributed by atoms with van der Waals surface area (Å²) >= 11 is 12.1. The summed E-state index contributed by atoms with van der Waals surface area (Å²) < 4.78 is 5.56. The van der Waals surface area contributed by atoms with Crippen LogP contribution in [0, 0.1) is 6.92 Å². The van der Waals surface area contributed by atoms with Crippen molar-refractivity contribution < 1.29 is 9.32 Å². The largest absolute Gasteiger partial charge is 0.337 e. The second-order valence-corrected chi connectivity index (χ2v) is 7.78.